The van der Waals surface area contributed by atoms with Gasteiger partial charge >= 0.3 is 0 Å². The van der Waals surface area contributed by atoms with Crippen LogP contribution in [0.25, 0.3) is 22.4 Å². The molecule has 0 amide bonds. The molecule has 3 nitrogen and oxygen atoms in total. The van der Waals surface area contributed by atoms with Crippen LogP contribution in [0.4, 0.5) is 0 Å². The zero-order valence-electron chi connectivity index (χ0n) is 15.9. The van der Waals surface area contributed by atoms with Crippen molar-refractivity contribution in [2.45, 2.75) is 32.6 Å². The van der Waals surface area contributed by atoms with E-state index in [-0.39, 0.29) is 0 Å². The molecule has 0 N–H and O–H groups in total. The van der Waals surface area contributed by atoms with E-state index in [1.807, 2.05) is 54.7 Å². The van der Waals surface area contributed by atoms with Crippen LogP contribution in [-0.4, -0.2) is 18.4 Å². The van der Waals surface area contributed by atoms with Gasteiger partial charge in [-0.15, -0.1) is 0 Å². The number of carbonyl (C=O) groups is 1. The number of benzene rings is 2. The molecular weight excluding hydrogens is 334 g/mol. The Morgan fingerprint density at radius 2 is 1.67 bits per heavy atom. The highest BCUT2D eigenvalue weighted by molar-refractivity contribution is 5.83. The molecule has 138 valence electrons. The Hall–Kier alpha value is -2.94. The molecule has 0 aliphatic rings. The molecule has 3 aromatic rings. The maximum absolute atomic E-state index is 11.0. The number of hydrogen-bond acceptors (Lipinski definition) is 3. The number of nitrogens with zero attached hydrogens (tertiary/aromatic N) is 1. The zero-order valence-corrected chi connectivity index (χ0v) is 15.9. The van der Waals surface area contributed by atoms with Gasteiger partial charge in [-0.25, -0.2) is 0 Å². The molecule has 0 aliphatic carbocycles. The molecule has 0 bridgehead atoms. The van der Waals surface area contributed by atoms with E-state index in [4.69, 9.17) is 9.72 Å². The minimum absolute atomic E-state index is 0.678. The monoisotopic (exact) mass is 359 g/mol. The normalized spacial score (nSPS) is 10.6. The Morgan fingerprint density at radius 3 is 2.30 bits per heavy atom. The topological polar surface area (TPSA) is 39.2 Å². The predicted molar refractivity (Wildman–Crippen MR) is 110 cm³/mol. The van der Waals surface area contributed by atoms with Gasteiger partial charge in [-0.1, -0.05) is 44.0 Å². The van der Waals surface area contributed by atoms with Crippen LogP contribution in [0.15, 0.2) is 60.8 Å². The first-order valence-electron chi connectivity index (χ1n) is 9.44. The molecule has 3 rings (SSSR count). The average molecular weight is 359 g/mol. The van der Waals surface area contributed by atoms with Crippen LogP contribution >= 0.6 is 0 Å². The fraction of sp³-hybridized carbons (Fsp3) is 0.250. The summed E-state index contributed by atoms with van der Waals surface area (Å²) in [6.07, 6.45) is 7.49. The van der Waals surface area contributed by atoms with Crippen molar-refractivity contribution >= 4 is 6.29 Å². The first kappa shape index (κ1) is 18.8. The Balaban J connectivity index is 2.03. The first-order chi connectivity index (χ1) is 13.2. The van der Waals surface area contributed by atoms with Crippen LogP contribution in [0.2, 0.25) is 0 Å². The molecule has 0 fully saturated rings. The minimum Gasteiger partial charge on any atom is -0.497 e. The van der Waals surface area contributed by atoms with Crippen molar-refractivity contribution in [3.8, 4) is 28.1 Å². The Bertz CT molecular complexity index is 883. The van der Waals surface area contributed by atoms with E-state index < -0.39 is 0 Å². The molecule has 0 saturated heterocycles. The molecule has 3 heteroatoms. The largest absolute Gasteiger partial charge is 0.497 e. The highest BCUT2D eigenvalue weighted by Gasteiger charge is 2.11. The summed E-state index contributed by atoms with van der Waals surface area (Å²) in [5, 5.41) is 0. The third-order valence-electron chi connectivity index (χ3n) is 4.73. The van der Waals surface area contributed by atoms with Gasteiger partial charge in [0.15, 0.2) is 0 Å². The number of unbranched alkanes of at least 4 members (excludes halogenated alkanes) is 2. The fourth-order valence-electron chi connectivity index (χ4n) is 3.16. The number of hydrogen-bond donors (Lipinski definition) is 0. The zero-order chi connectivity index (χ0) is 19.1. The van der Waals surface area contributed by atoms with Gasteiger partial charge in [-0.2, -0.15) is 0 Å². The van der Waals surface area contributed by atoms with Crippen molar-refractivity contribution in [1.29, 1.82) is 0 Å². The van der Waals surface area contributed by atoms with Gasteiger partial charge in [0.1, 0.15) is 12.0 Å². The SMILES string of the molecule is CCCCCc1cnc(-c2ccc(OC)cc2)c(-c2ccc(C=O)cc2)c1. The molecule has 0 aliphatic heterocycles. The Labute approximate surface area is 161 Å². The van der Waals surface area contributed by atoms with E-state index in [1.54, 1.807) is 7.11 Å². The van der Waals surface area contributed by atoms with E-state index in [0.29, 0.717) is 5.56 Å². The number of aryl methyl sites for hydroxylation is 1. The molecular formula is C24H25NO2. The number of carbonyl (C=O) groups excluding carboxylic acids is 1. The lowest BCUT2D eigenvalue weighted by Gasteiger charge is -2.12. The molecule has 0 saturated carbocycles. The van der Waals surface area contributed by atoms with Crippen LogP contribution in [0.5, 0.6) is 5.75 Å². The number of pyridine rings is 1. The van der Waals surface area contributed by atoms with Gasteiger partial charge in [-0.05, 0) is 54.3 Å². The maximum atomic E-state index is 11.0. The smallest absolute Gasteiger partial charge is 0.150 e. The molecule has 1 aromatic heterocycles. The number of aldehydes is 1. The van der Waals surface area contributed by atoms with Crippen molar-refractivity contribution in [3.63, 3.8) is 0 Å². The summed E-state index contributed by atoms with van der Waals surface area (Å²) in [4.78, 5) is 15.8. The van der Waals surface area contributed by atoms with Crippen LogP contribution in [0.1, 0.15) is 42.1 Å². The van der Waals surface area contributed by atoms with E-state index in [0.717, 1.165) is 40.8 Å². The number of rotatable bonds is 8. The number of ether oxygens (including phenoxy) is 1. The van der Waals surface area contributed by atoms with Crippen molar-refractivity contribution in [2.24, 2.45) is 0 Å². The van der Waals surface area contributed by atoms with Crippen LogP contribution in [0, 0.1) is 0 Å². The first-order valence-corrected chi connectivity index (χ1v) is 9.44. The van der Waals surface area contributed by atoms with Gasteiger partial charge in [-0.3, -0.25) is 9.78 Å². The second-order valence-electron chi connectivity index (χ2n) is 6.67. The van der Waals surface area contributed by atoms with Crippen molar-refractivity contribution < 1.29 is 9.53 Å². The van der Waals surface area contributed by atoms with Crippen LogP contribution in [0.3, 0.4) is 0 Å². The van der Waals surface area contributed by atoms with Gasteiger partial charge in [0.25, 0.3) is 0 Å². The number of methoxy groups -OCH3 is 1. The average Bonchev–Trinajstić information content (AvgIpc) is 2.74. The van der Waals surface area contributed by atoms with Gasteiger partial charge < -0.3 is 4.74 Å². The lowest BCUT2D eigenvalue weighted by molar-refractivity contribution is 0.112. The van der Waals surface area contributed by atoms with E-state index in [9.17, 15) is 4.79 Å². The molecule has 0 atom stereocenters. The molecule has 27 heavy (non-hydrogen) atoms. The van der Waals surface area contributed by atoms with Crippen molar-refractivity contribution in [3.05, 3.63) is 71.9 Å². The third kappa shape index (κ3) is 4.62. The van der Waals surface area contributed by atoms with E-state index in [2.05, 4.69) is 13.0 Å². The summed E-state index contributed by atoms with van der Waals surface area (Å²) in [7, 11) is 1.67. The summed E-state index contributed by atoms with van der Waals surface area (Å²) in [5.74, 6) is 0.826. The second-order valence-corrected chi connectivity index (χ2v) is 6.67. The van der Waals surface area contributed by atoms with Crippen LogP contribution in [-0.2, 0) is 6.42 Å². The quantitative estimate of drug-likeness (QED) is 0.367. The van der Waals surface area contributed by atoms with Gasteiger partial charge in [0.05, 0.1) is 12.8 Å². The summed E-state index contributed by atoms with van der Waals surface area (Å²) in [6, 6.07) is 17.9. The minimum atomic E-state index is 0.678. The standard InChI is InChI=1S/C24H25NO2/c1-3-4-5-6-19-15-23(20-9-7-18(17-26)8-10-20)24(25-16-19)21-11-13-22(27-2)14-12-21/h7-17H,3-6H2,1-2H3. The Kier molecular flexibility index (Phi) is 6.37. The lowest BCUT2D eigenvalue weighted by atomic mass is 9.96. The van der Waals surface area contributed by atoms with Crippen molar-refractivity contribution in [2.75, 3.05) is 7.11 Å². The summed E-state index contributed by atoms with van der Waals surface area (Å²) >= 11 is 0. The van der Waals surface area contributed by atoms with Gasteiger partial charge in [0.2, 0.25) is 0 Å². The third-order valence-corrected chi connectivity index (χ3v) is 4.73. The molecule has 0 unspecified atom stereocenters. The fourth-order valence-corrected chi connectivity index (χ4v) is 3.16. The molecule has 0 spiro atoms. The van der Waals surface area contributed by atoms with Crippen molar-refractivity contribution in [1.82, 2.24) is 4.98 Å². The second kappa shape index (κ2) is 9.13. The lowest BCUT2D eigenvalue weighted by Crippen LogP contribution is -1.95. The predicted octanol–water partition coefficient (Wildman–Crippen LogP) is 5.97. The highest BCUT2D eigenvalue weighted by atomic mass is 16.5. The molecule has 2 aromatic carbocycles. The maximum Gasteiger partial charge on any atom is 0.150 e. The number of aromatic nitrogens is 1. The highest BCUT2D eigenvalue weighted by Crippen LogP contribution is 2.32. The summed E-state index contributed by atoms with van der Waals surface area (Å²) in [6.45, 7) is 2.21. The van der Waals surface area contributed by atoms with Gasteiger partial charge in [0, 0.05) is 22.9 Å². The Morgan fingerprint density at radius 1 is 0.963 bits per heavy atom. The summed E-state index contributed by atoms with van der Waals surface area (Å²) in [5.41, 5.74) is 6.07. The molecule has 0 radical (unpaired) electrons. The molecule has 1 heterocycles. The van der Waals surface area contributed by atoms with E-state index in [1.165, 1.54) is 24.8 Å². The van der Waals surface area contributed by atoms with E-state index >= 15 is 0 Å². The summed E-state index contributed by atoms with van der Waals surface area (Å²) < 4.78 is 5.27. The van der Waals surface area contributed by atoms with Crippen LogP contribution < -0.4 is 4.74 Å².